The van der Waals surface area contributed by atoms with Gasteiger partial charge in [0, 0.05) is 29.7 Å². The lowest BCUT2D eigenvalue weighted by Gasteiger charge is -2.05. The standard InChI is InChI=1S/C17H18N4S2/c1-3-7-13(8-4-1)16-18-14(11-22-16)12-23-17-20-19-15-9-5-2-6-10-21(15)17/h1,3-4,7-8,11H,2,5-6,9-10,12H2. The molecule has 0 aliphatic carbocycles. The number of hydrogen-bond acceptors (Lipinski definition) is 5. The van der Waals surface area contributed by atoms with Crippen LogP contribution in [0, 0.1) is 0 Å². The van der Waals surface area contributed by atoms with Gasteiger partial charge in [0.25, 0.3) is 0 Å². The molecule has 3 aromatic rings. The third kappa shape index (κ3) is 3.33. The molecule has 6 heteroatoms. The van der Waals surface area contributed by atoms with E-state index >= 15 is 0 Å². The molecular formula is C17H18N4S2. The monoisotopic (exact) mass is 342 g/mol. The summed E-state index contributed by atoms with van der Waals surface area (Å²) in [7, 11) is 0. The van der Waals surface area contributed by atoms with Gasteiger partial charge in [-0.1, -0.05) is 48.5 Å². The maximum absolute atomic E-state index is 4.75. The van der Waals surface area contributed by atoms with Crippen LogP contribution >= 0.6 is 23.1 Å². The minimum Gasteiger partial charge on any atom is -0.306 e. The number of benzene rings is 1. The van der Waals surface area contributed by atoms with Crippen LogP contribution < -0.4 is 0 Å². The molecule has 23 heavy (non-hydrogen) atoms. The quantitative estimate of drug-likeness (QED) is 0.658. The molecular weight excluding hydrogens is 324 g/mol. The Bertz CT molecular complexity index is 779. The zero-order valence-corrected chi connectivity index (χ0v) is 14.4. The zero-order chi connectivity index (χ0) is 15.5. The van der Waals surface area contributed by atoms with E-state index in [1.54, 1.807) is 23.1 Å². The van der Waals surface area contributed by atoms with E-state index in [2.05, 4.69) is 44.4 Å². The van der Waals surface area contributed by atoms with Gasteiger partial charge in [-0.15, -0.1) is 21.5 Å². The highest BCUT2D eigenvalue weighted by Crippen LogP contribution is 2.28. The first kappa shape index (κ1) is 14.9. The highest BCUT2D eigenvalue weighted by Gasteiger charge is 2.15. The predicted molar refractivity (Wildman–Crippen MR) is 94.7 cm³/mol. The van der Waals surface area contributed by atoms with Crippen molar-refractivity contribution in [2.24, 2.45) is 0 Å². The molecule has 1 aromatic carbocycles. The molecule has 1 aliphatic rings. The molecule has 0 saturated carbocycles. The van der Waals surface area contributed by atoms with Gasteiger partial charge < -0.3 is 4.57 Å². The van der Waals surface area contributed by atoms with Crippen LogP contribution in [0.5, 0.6) is 0 Å². The molecule has 0 spiro atoms. The molecule has 0 radical (unpaired) electrons. The fraction of sp³-hybridized carbons (Fsp3) is 0.353. The van der Waals surface area contributed by atoms with Crippen molar-refractivity contribution in [2.45, 2.75) is 43.1 Å². The van der Waals surface area contributed by atoms with Gasteiger partial charge in [-0.05, 0) is 12.8 Å². The van der Waals surface area contributed by atoms with Crippen LogP contribution in [0.15, 0.2) is 40.9 Å². The van der Waals surface area contributed by atoms with Crippen LogP contribution in [0.25, 0.3) is 10.6 Å². The van der Waals surface area contributed by atoms with Crippen molar-refractivity contribution in [3.63, 3.8) is 0 Å². The van der Waals surface area contributed by atoms with Crippen molar-refractivity contribution in [1.82, 2.24) is 19.7 Å². The first-order chi connectivity index (χ1) is 11.4. The van der Waals surface area contributed by atoms with Gasteiger partial charge in [0.15, 0.2) is 5.16 Å². The van der Waals surface area contributed by atoms with Crippen molar-refractivity contribution in [3.8, 4) is 10.6 Å². The summed E-state index contributed by atoms with van der Waals surface area (Å²) in [4.78, 5) is 4.75. The van der Waals surface area contributed by atoms with Gasteiger partial charge >= 0.3 is 0 Å². The number of fused-ring (bicyclic) bond motifs is 1. The second-order valence-corrected chi connectivity index (χ2v) is 7.46. The Labute approximate surface area is 144 Å². The van der Waals surface area contributed by atoms with Crippen LogP contribution in [0.1, 0.15) is 30.8 Å². The van der Waals surface area contributed by atoms with E-state index in [0.717, 1.165) is 40.4 Å². The summed E-state index contributed by atoms with van der Waals surface area (Å²) < 4.78 is 2.29. The zero-order valence-electron chi connectivity index (χ0n) is 12.8. The van der Waals surface area contributed by atoms with Crippen molar-refractivity contribution < 1.29 is 0 Å². The van der Waals surface area contributed by atoms with Crippen LogP contribution in [0.2, 0.25) is 0 Å². The van der Waals surface area contributed by atoms with Crippen LogP contribution in [0.4, 0.5) is 0 Å². The third-order valence-corrected chi connectivity index (χ3v) is 5.94. The summed E-state index contributed by atoms with van der Waals surface area (Å²) in [5.41, 5.74) is 2.30. The van der Waals surface area contributed by atoms with Gasteiger partial charge in [0.2, 0.25) is 0 Å². The maximum Gasteiger partial charge on any atom is 0.191 e. The fourth-order valence-corrected chi connectivity index (χ4v) is 4.60. The van der Waals surface area contributed by atoms with E-state index in [1.807, 2.05) is 6.07 Å². The Kier molecular flexibility index (Phi) is 4.43. The van der Waals surface area contributed by atoms with Crippen molar-refractivity contribution in [2.75, 3.05) is 0 Å². The first-order valence-electron chi connectivity index (χ1n) is 7.95. The number of thiazole rings is 1. The van der Waals surface area contributed by atoms with Gasteiger partial charge in [-0.25, -0.2) is 4.98 Å². The lowest BCUT2D eigenvalue weighted by atomic mass is 10.2. The summed E-state index contributed by atoms with van der Waals surface area (Å²) in [6, 6.07) is 10.3. The molecule has 0 atom stereocenters. The number of nitrogens with zero attached hydrogens (tertiary/aromatic N) is 4. The van der Waals surface area contributed by atoms with Crippen LogP contribution in [-0.2, 0) is 18.7 Å². The summed E-state index contributed by atoms with van der Waals surface area (Å²) >= 11 is 3.45. The van der Waals surface area contributed by atoms with Crippen LogP contribution in [0.3, 0.4) is 0 Å². The molecule has 118 valence electrons. The van der Waals surface area contributed by atoms with Crippen molar-refractivity contribution >= 4 is 23.1 Å². The molecule has 0 N–H and O–H groups in total. The second kappa shape index (κ2) is 6.84. The van der Waals surface area contributed by atoms with Crippen LogP contribution in [-0.4, -0.2) is 19.7 Å². The van der Waals surface area contributed by atoms with E-state index in [0.29, 0.717) is 0 Å². The van der Waals surface area contributed by atoms with Crippen molar-refractivity contribution in [3.05, 3.63) is 47.2 Å². The van der Waals surface area contributed by atoms with E-state index in [-0.39, 0.29) is 0 Å². The lowest BCUT2D eigenvalue weighted by molar-refractivity contribution is 0.591. The molecule has 0 saturated heterocycles. The topological polar surface area (TPSA) is 43.6 Å². The molecule has 0 bridgehead atoms. The molecule has 3 heterocycles. The number of aryl methyl sites for hydroxylation is 1. The van der Waals surface area contributed by atoms with E-state index in [9.17, 15) is 0 Å². The predicted octanol–water partition coefficient (Wildman–Crippen LogP) is 4.42. The molecule has 0 unspecified atom stereocenters. The fourth-order valence-electron chi connectivity index (χ4n) is 2.79. The minimum absolute atomic E-state index is 0.849. The van der Waals surface area contributed by atoms with Gasteiger partial charge in [-0.3, -0.25) is 0 Å². The highest BCUT2D eigenvalue weighted by molar-refractivity contribution is 7.98. The summed E-state index contributed by atoms with van der Waals surface area (Å²) in [5.74, 6) is 2.00. The lowest BCUT2D eigenvalue weighted by Crippen LogP contribution is -2.02. The van der Waals surface area contributed by atoms with E-state index in [1.165, 1.54) is 24.8 Å². The largest absolute Gasteiger partial charge is 0.306 e. The third-order valence-electron chi connectivity index (χ3n) is 4.00. The molecule has 2 aromatic heterocycles. The van der Waals surface area contributed by atoms with Gasteiger partial charge in [0.05, 0.1) is 5.69 Å². The molecule has 1 aliphatic heterocycles. The second-order valence-electron chi connectivity index (χ2n) is 5.66. The van der Waals surface area contributed by atoms with E-state index in [4.69, 9.17) is 4.98 Å². The summed E-state index contributed by atoms with van der Waals surface area (Å²) in [5, 5.41) is 13.0. The number of rotatable bonds is 4. The Hall–Kier alpha value is -1.66. The van der Waals surface area contributed by atoms with Gasteiger partial charge in [0.1, 0.15) is 10.8 Å². The summed E-state index contributed by atoms with van der Waals surface area (Å²) in [6.07, 6.45) is 4.81. The SMILES string of the molecule is c1ccc(-c2nc(CSc3nnc4n3CCCCC4)cs2)cc1. The number of hydrogen-bond donors (Lipinski definition) is 0. The van der Waals surface area contributed by atoms with Crippen molar-refractivity contribution in [1.29, 1.82) is 0 Å². The first-order valence-corrected chi connectivity index (χ1v) is 9.81. The Balaban J connectivity index is 1.46. The van der Waals surface area contributed by atoms with Gasteiger partial charge in [-0.2, -0.15) is 0 Å². The number of thioether (sulfide) groups is 1. The molecule has 0 amide bonds. The van der Waals surface area contributed by atoms with E-state index < -0.39 is 0 Å². The molecule has 0 fully saturated rings. The minimum atomic E-state index is 0.849. The Morgan fingerprint density at radius 2 is 2.00 bits per heavy atom. The average molecular weight is 342 g/mol. The summed E-state index contributed by atoms with van der Waals surface area (Å²) in [6.45, 7) is 1.05. The Morgan fingerprint density at radius 1 is 1.09 bits per heavy atom. The maximum atomic E-state index is 4.75. The smallest absolute Gasteiger partial charge is 0.191 e. The average Bonchev–Trinajstić information content (AvgIpc) is 3.15. The molecule has 4 nitrogen and oxygen atoms in total. The normalized spacial score (nSPS) is 14.4. The Morgan fingerprint density at radius 3 is 2.91 bits per heavy atom. The highest BCUT2D eigenvalue weighted by atomic mass is 32.2. The molecule has 4 rings (SSSR count). The number of aromatic nitrogens is 4.